The SMILES string of the molecule is COc1ccc(Cn2ncc(Br)c2N)cc1. The molecule has 0 aliphatic carbocycles. The van der Waals surface area contributed by atoms with Gasteiger partial charge < -0.3 is 10.5 Å². The summed E-state index contributed by atoms with van der Waals surface area (Å²) >= 11 is 3.32. The summed E-state index contributed by atoms with van der Waals surface area (Å²) in [6.07, 6.45) is 1.69. The lowest BCUT2D eigenvalue weighted by Crippen LogP contribution is -2.05. The predicted molar refractivity (Wildman–Crippen MR) is 66.4 cm³/mol. The Morgan fingerprint density at radius 2 is 2.06 bits per heavy atom. The van der Waals surface area contributed by atoms with Gasteiger partial charge in [-0.3, -0.25) is 0 Å². The Kier molecular flexibility index (Phi) is 3.14. The molecule has 0 saturated carbocycles. The molecule has 16 heavy (non-hydrogen) atoms. The highest BCUT2D eigenvalue weighted by molar-refractivity contribution is 9.10. The van der Waals surface area contributed by atoms with Crippen molar-refractivity contribution in [1.29, 1.82) is 0 Å². The van der Waals surface area contributed by atoms with Gasteiger partial charge in [0.1, 0.15) is 11.6 Å². The minimum atomic E-state index is 0.635. The van der Waals surface area contributed by atoms with Gasteiger partial charge in [0.15, 0.2) is 0 Å². The monoisotopic (exact) mass is 281 g/mol. The molecule has 1 aromatic carbocycles. The number of rotatable bonds is 3. The molecular formula is C11H12BrN3O. The summed E-state index contributed by atoms with van der Waals surface area (Å²) in [5, 5.41) is 4.17. The van der Waals surface area contributed by atoms with Gasteiger partial charge in [0.2, 0.25) is 0 Å². The average molecular weight is 282 g/mol. The second-order valence-electron chi connectivity index (χ2n) is 3.38. The zero-order valence-corrected chi connectivity index (χ0v) is 10.4. The smallest absolute Gasteiger partial charge is 0.136 e. The van der Waals surface area contributed by atoms with Crippen LogP contribution in [0.5, 0.6) is 5.75 Å². The molecular weight excluding hydrogens is 270 g/mol. The van der Waals surface area contributed by atoms with Crippen molar-refractivity contribution in [2.24, 2.45) is 0 Å². The molecule has 0 saturated heterocycles. The van der Waals surface area contributed by atoms with E-state index in [0.717, 1.165) is 15.8 Å². The standard InChI is InChI=1S/C11H12BrN3O/c1-16-9-4-2-8(3-5-9)7-15-11(13)10(12)6-14-15/h2-6H,7,13H2,1H3. The molecule has 5 heteroatoms. The fraction of sp³-hybridized carbons (Fsp3) is 0.182. The Hall–Kier alpha value is -1.49. The van der Waals surface area contributed by atoms with Gasteiger partial charge in [0.05, 0.1) is 24.3 Å². The van der Waals surface area contributed by atoms with Crippen molar-refractivity contribution in [3.8, 4) is 5.75 Å². The minimum absolute atomic E-state index is 0.635. The van der Waals surface area contributed by atoms with E-state index in [1.54, 1.807) is 18.0 Å². The van der Waals surface area contributed by atoms with Gasteiger partial charge in [-0.25, -0.2) is 4.68 Å². The summed E-state index contributed by atoms with van der Waals surface area (Å²) in [6, 6.07) is 7.83. The molecule has 2 N–H and O–H groups in total. The number of aromatic nitrogens is 2. The summed E-state index contributed by atoms with van der Waals surface area (Å²) in [5.41, 5.74) is 6.96. The highest BCUT2D eigenvalue weighted by atomic mass is 79.9. The molecule has 0 aliphatic rings. The van der Waals surface area contributed by atoms with Crippen LogP contribution in [0.15, 0.2) is 34.9 Å². The van der Waals surface area contributed by atoms with Crippen molar-refractivity contribution in [2.45, 2.75) is 6.54 Å². The Bertz CT molecular complexity index is 478. The lowest BCUT2D eigenvalue weighted by Gasteiger charge is -2.05. The number of nitrogens with two attached hydrogens (primary N) is 1. The van der Waals surface area contributed by atoms with Crippen molar-refractivity contribution >= 4 is 21.7 Å². The first-order chi connectivity index (χ1) is 7.70. The molecule has 2 rings (SSSR count). The van der Waals surface area contributed by atoms with E-state index in [1.807, 2.05) is 24.3 Å². The molecule has 0 atom stereocenters. The molecule has 0 aliphatic heterocycles. The maximum Gasteiger partial charge on any atom is 0.136 e. The number of anilines is 1. The zero-order chi connectivity index (χ0) is 11.5. The predicted octanol–water partition coefficient (Wildman–Crippen LogP) is 2.28. The van der Waals surface area contributed by atoms with Crippen molar-refractivity contribution in [1.82, 2.24) is 9.78 Å². The Morgan fingerprint density at radius 3 is 2.56 bits per heavy atom. The van der Waals surface area contributed by atoms with E-state index in [0.29, 0.717) is 12.4 Å². The summed E-state index contributed by atoms with van der Waals surface area (Å²) in [5.74, 6) is 1.48. The molecule has 0 amide bonds. The number of ether oxygens (including phenoxy) is 1. The Balaban J connectivity index is 2.17. The highest BCUT2D eigenvalue weighted by Gasteiger charge is 2.04. The molecule has 0 spiro atoms. The highest BCUT2D eigenvalue weighted by Crippen LogP contribution is 2.19. The van der Waals surface area contributed by atoms with Crippen molar-refractivity contribution in [3.05, 3.63) is 40.5 Å². The molecule has 4 nitrogen and oxygen atoms in total. The van der Waals surface area contributed by atoms with Gasteiger partial charge in [-0.2, -0.15) is 5.10 Å². The third-order valence-electron chi connectivity index (χ3n) is 2.32. The zero-order valence-electron chi connectivity index (χ0n) is 8.85. The Labute approximate surface area is 102 Å². The van der Waals surface area contributed by atoms with Gasteiger partial charge in [0, 0.05) is 0 Å². The van der Waals surface area contributed by atoms with Crippen LogP contribution < -0.4 is 10.5 Å². The quantitative estimate of drug-likeness (QED) is 0.939. The lowest BCUT2D eigenvalue weighted by molar-refractivity contribution is 0.414. The number of hydrogen-bond donors (Lipinski definition) is 1. The van der Waals surface area contributed by atoms with E-state index in [9.17, 15) is 0 Å². The first kappa shape index (κ1) is 11.0. The van der Waals surface area contributed by atoms with E-state index in [2.05, 4.69) is 21.0 Å². The molecule has 2 aromatic rings. The molecule has 0 bridgehead atoms. The second kappa shape index (κ2) is 4.57. The van der Waals surface area contributed by atoms with Crippen LogP contribution in [-0.2, 0) is 6.54 Å². The van der Waals surface area contributed by atoms with E-state index in [-0.39, 0.29) is 0 Å². The van der Waals surface area contributed by atoms with E-state index in [4.69, 9.17) is 10.5 Å². The largest absolute Gasteiger partial charge is 0.497 e. The normalized spacial score (nSPS) is 10.4. The van der Waals surface area contributed by atoms with E-state index < -0.39 is 0 Å². The van der Waals surface area contributed by atoms with Crippen molar-refractivity contribution in [3.63, 3.8) is 0 Å². The van der Waals surface area contributed by atoms with Crippen molar-refractivity contribution < 1.29 is 4.74 Å². The summed E-state index contributed by atoms with van der Waals surface area (Å²) in [4.78, 5) is 0. The molecule has 0 unspecified atom stereocenters. The number of benzene rings is 1. The van der Waals surface area contributed by atoms with E-state index >= 15 is 0 Å². The number of methoxy groups -OCH3 is 1. The average Bonchev–Trinajstić information content (AvgIpc) is 2.62. The fourth-order valence-corrected chi connectivity index (χ4v) is 1.70. The third-order valence-corrected chi connectivity index (χ3v) is 2.94. The van der Waals surface area contributed by atoms with Gasteiger partial charge >= 0.3 is 0 Å². The fourth-order valence-electron chi connectivity index (χ4n) is 1.40. The van der Waals surface area contributed by atoms with Crippen LogP contribution in [0.25, 0.3) is 0 Å². The maximum atomic E-state index is 5.84. The summed E-state index contributed by atoms with van der Waals surface area (Å²) in [6.45, 7) is 0.654. The molecule has 1 aromatic heterocycles. The summed E-state index contributed by atoms with van der Waals surface area (Å²) < 4.78 is 7.65. The summed E-state index contributed by atoms with van der Waals surface area (Å²) in [7, 11) is 1.65. The van der Waals surface area contributed by atoms with Gasteiger partial charge in [0.25, 0.3) is 0 Å². The van der Waals surface area contributed by atoms with Crippen LogP contribution >= 0.6 is 15.9 Å². The van der Waals surface area contributed by atoms with Crippen LogP contribution in [0, 0.1) is 0 Å². The first-order valence-corrected chi connectivity index (χ1v) is 5.59. The van der Waals surface area contributed by atoms with Crippen LogP contribution in [0.1, 0.15) is 5.56 Å². The number of halogens is 1. The lowest BCUT2D eigenvalue weighted by atomic mass is 10.2. The number of nitrogens with zero attached hydrogens (tertiary/aromatic N) is 2. The first-order valence-electron chi connectivity index (χ1n) is 4.80. The van der Waals surface area contributed by atoms with Crippen LogP contribution in [0.3, 0.4) is 0 Å². The molecule has 0 radical (unpaired) electrons. The van der Waals surface area contributed by atoms with Gasteiger partial charge in [-0.05, 0) is 33.6 Å². The van der Waals surface area contributed by atoms with E-state index in [1.165, 1.54) is 0 Å². The maximum absolute atomic E-state index is 5.84. The van der Waals surface area contributed by atoms with Gasteiger partial charge in [-0.15, -0.1) is 0 Å². The van der Waals surface area contributed by atoms with Gasteiger partial charge in [-0.1, -0.05) is 12.1 Å². The van der Waals surface area contributed by atoms with Crippen LogP contribution in [0.4, 0.5) is 5.82 Å². The third kappa shape index (κ3) is 2.19. The van der Waals surface area contributed by atoms with Crippen LogP contribution in [0.2, 0.25) is 0 Å². The number of nitrogen functional groups attached to an aromatic ring is 1. The minimum Gasteiger partial charge on any atom is -0.497 e. The molecule has 0 fully saturated rings. The second-order valence-corrected chi connectivity index (χ2v) is 4.24. The van der Waals surface area contributed by atoms with Crippen LogP contribution in [-0.4, -0.2) is 16.9 Å². The molecule has 84 valence electrons. The number of hydrogen-bond acceptors (Lipinski definition) is 3. The topological polar surface area (TPSA) is 53.1 Å². The Morgan fingerprint density at radius 1 is 1.38 bits per heavy atom. The van der Waals surface area contributed by atoms with Crippen molar-refractivity contribution in [2.75, 3.05) is 12.8 Å². The molecule has 1 heterocycles.